The van der Waals surface area contributed by atoms with Crippen LogP contribution >= 0.6 is 0 Å². The van der Waals surface area contributed by atoms with Crippen molar-refractivity contribution in [3.8, 4) is 0 Å². The van der Waals surface area contributed by atoms with E-state index in [1.807, 2.05) is 48.5 Å². The smallest absolute Gasteiger partial charge is 0.255 e. The van der Waals surface area contributed by atoms with Crippen molar-refractivity contribution in [2.45, 2.75) is 6.42 Å². The first-order chi connectivity index (χ1) is 10.2. The summed E-state index contributed by atoms with van der Waals surface area (Å²) < 4.78 is 5.37. The summed E-state index contributed by atoms with van der Waals surface area (Å²) in [5, 5.41) is 3.75. The number of nitrogens with two attached hydrogens (primary N) is 1. The average molecular weight is 280 g/mol. The van der Waals surface area contributed by atoms with Gasteiger partial charge in [0.2, 0.25) is 0 Å². The third kappa shape index (κ3) is 2.89. The molecule has 0 aliphatic rings. The van der Waals surface area contributed by atoms with Gasteiger partial charge in [0.15, 0.2) is 0 Å². The van der Waals surface area contributed by atoms with Crippen LogP contribution in [0.15, 0.2) is 59.2 Å². The Bertz CT molecular complexity index is 760. The highest BCUT2D eigenvalue weighted by Crippen LogP contribution is 2.20. The monoisotopic (exact) mass is 280 g/mol. The normalized spacial score (nSPS) is 10.7. The number of hydrogen-bond acceptors (Lipinski definition) is 3. The zero-order valence-electron chi connectivity index (χ0n) is 11.5. The molecule has 0 spiro atoms. The number of rotatable bonds is 4. The summed E-state index contributed by atoms with van der Waals surface area (Å²) in [6, 6.07) is 15.2. The molecule has 0 aliphatic heterocycles. The van der Waals surface area contributed by atoms with Crippen LogP contribution in [0.25, 0.3) is 11.0 Å². The fourth-order valence-electron chi connectivity index (χ4n) is 2.25. The minimum Gasteiger partial charge on any atom is -0.463 e. The van der Waals surface area contributed by atoms with Crippen molar-refractivity contribution in [2.24, 2.45) is 0 Å². The van der Waals surface area contributed by atoms with Crippen LogP contribution in [0.2, 0.25) is 0 Å². The second kappa shape index (κ2) is 5.71. The molecule has 0 radical (unpaired) electrons. The Kier molecular flexibility index (Phi) is 3.60. The molecule has 4 nitrogen and oxygen atoms in total. The lowest BCUT2D eigenvalue weighted by Crippen LogP contribution is -2.25. The van der Waals surface area contributed by atoms with Crippen molar-refractivity contribution in [3.63, 3.8) is 0 Å². The number of hydrogen-bond donors (Lipinski definition) is 2. The number of anilines is 1. The highest BCUT2D eigenvalue weighted by molar-refractivity contribution is 6.05. The van der Waals surface area contributed by atoms with Crippen molar-refractivity contribution in [3.05, 3.63) is 65.9 Å². The van der Waals surface area contributed by atoms with Gasteiger partial charge < -0.3 is 15.5 Å². The Morgan fingerprint density at radius 1 is 1.10 bits per heavy atom. The molecule has 3 aromatic rings. The van der Waals surface area contributed by atoms with E-state index in [0.29, 0.717) is 12.1 Å². The Morgan fingerprint density at radius 3 is 2.67 bits per heavy atom. The van der Waals surface area contributed by atoms with Crippen molar-refractivity contribution >= 4 is 22.6 Å². The Hall–Kier alpha value is -2.75. The molecule has 1 heterocycles. The fraction of sp³-hybridized carbons (Fsp3) is 0.118. The van der Waals surface area contributed by atoms with Gasteiger partial charge in [-0.05, 0) is 30.2 Å². The molecule has 106 valence electrons. The lowest BCUT2D eigenvalue weighted by Gasteiger charge is -2.04. The van der Waals surface area contributed by atoms with Crippen LogP contribution in [-0.4, -0.2) is 12.5 Å². The van der Waals surface area contributed by atoms with Crippen LogP contribution in [-0.2, 0) is 6.42 Å². The van der Waals surface area contributed by atoms with E-state index in [1.54, 1.807) is 0 Å². The van der Waals surface area contributed by atoms with Gasteiger partial charge in [-0.2, -0.15) is 0 Å². The van der Waals surface area contributed by atoms with Gasteiger partial charge in [0.05, 0.1) is 5.56 Å². The molecule has 0 saturated heterocycles. The molecule has 3 N–H and O–H groups in total. The number of fused-ring (bicyclic) bond motifs is 1. The third-order valence-electron chi connectivity index (χ3n) is 3.40. The predicted octanol–water partition coefficient (Wildman–Crippen LogP) is 2.99. The van der Waals surface area contributed by atoms with E-state index < -0.39 is 0 Å². The predicted molar refractivity (Wildman–Crippen MR) is 83.1 cm³/mol. The Balaban J connectivity index is 1.63. The number of carbonyl (C=O) groups is 1. The summed E-state index contributed by atoms with van der Waals surface area (Å²) >= 11 is 0. The first-order valence-electron chi connectivity index (χ1n) is 6.83. The molecule has 0 bridgehead atoms. The molecule has 0 unspecified atom stereocenters. The third-order valence-corrected chi connectivity index (χ3v) is 3.40. The van der Waals surface area contributed by atoms with E-state index in [-0.39, 0.29) is 5.91 Å². The summed E-state index contributed by atoms with van der Waals surface area (Å²) in [4.78, 5) is 12.2. The number of benzene rings is 2. The summed E-state index contributed by atoms with van der Waals surface area (Å²) in [5.41, 5.74) is 8.82. The molecule has 2 aromatic carbocycles. The molecule has 21 heavy (non-hydrogen) atoms. The first-order valence-corrected chi connectivity index (χ1v) is 6.83. The second-order valence-corrected chi connectivity index (χ2v) is 4.89. The fourth-order valence-corrected chi connectivity index (χ4v) is 2.25. The Morgan fingerprint density at radius 2 is 1.86 bits per heavy atom. The molecule has 3 rings (SSSR count). The first kappa shape index (κ1) is 13.2. The highest BCUT2D eigenvalue weighted by Gasteiger charge is 2.12. The van der Waals surface area contributed by atoms with Crippen LogP contribution in [0.1, 0.15) is 15.9 Å². The summed E-state index contributed by atoms with van der Waals surface area (Å²) in [7, 11) is 0. The van der Waals surface area contributed by atoms with E-state index >= 15 is 0 Å². The van der Waals surface area contributed by atoms with Gasteiger partial charge in [-0.15, -0.1) is 0 Å². The van der Waals surface area contributed by atoms with Gasteiger partial charge >= 0.3 is 0 Å². The van der Waals surface area contributed by atoms with E-state index in [2.05, 4.69) is 5.32 Å². The number of para-hydroxylation sites is 1. The molecular weight excluding hydrogens is 264 g/mol. The minimum absolute atomic E-state index is 0.115. The van der Waals surface area contributed by atoms with Crippen LogP contribution in [0.5, 0.6) is 0 Å². The highest BCUT2D eigenvalue weighted by atomic mass is 16.3. The average Bonchev–Trinajstić information content (AvgIpc) is 2.93. The summed E-state index contributed by atoms with van der Waals surface area (Å²) in [6.07, 6.45) is 2.27. The summed E-state index contributed by atoms with van der Waals surface area (Å²) in [5.74, 6) is -0.115. The van der Waals surface area contributed by atoms with Crippen LogP contribution in [0, 0.1) is 0 Å². The zero-order valence-corrected chi connectivity index (χ0v) is 11.5. The molecular formula is C17H16N2O2. The molecule has 1 amide bonds. The van der Waals surface area contributed by atoms with Crippen molar-refractivity contribution in [2.75, 3.05) is 12.3 Å². The molecule has 0 saturated carbocycles. The topological polar surface area (TPSA) is 68.3 Å². The van der Waals surface area contributed by atoms with Gasteiger partial charge in [0.25, 0.3) is 5.91 Å². The largest absolute Gasteiger partial charge is 0.463 e. The van der Waals surface area contributed by atoms with E-state index in [9.17, 15) is 4.79 Å². The quantitative estimate of drug-likeness (QED) is 0.722. The lowest BCUT2D eigenvalue weighted by molar-refractivity contribution is 0.0955. The van der Waals surface area contributed by atoms with Crippen LogP contribution in [0.4, 0.5) is 5.69 Å². The maximum atomic E-state index is 12.2. The van der Waals surface area contributed by atoms with Gasteiger partial charge in [-0.1, -0.05) is 30.3 Å². The molecule has 4 heteroatoms. The number of nitrogens with one attached hydrogen (secondary N) is 1. The maximum Gasteiger partial charge on any atom is 0.255 e. The van der Waals surface area contributed by atoms with Crippen LogP contribution in [0.3, 0.4) is 0 Å². The van der Waals surface area contributed by atoms with Crippen LogP contribution < -0.4 is 11.1 Å². The molecule has 0 atom stereocenters. The number of amides is 1. The number of nitrogen functional groups attached to an aromatic ring is 1. The van der Waals surface area contributed by atoms with E-state index in [4.69, 9.17) is 10.2 Å². The SMILES string of the molecule is Nc1ccc(CCNC(=O)c2coc3ccccc23)cc1. The molecule has 1 aromatic heterocycles. The Labute approximate surface area is 122 Å². The zero-order chi connectivity index (χ0) is 14.7. The minimum atomic E-state index is -0.115. The van der Waals surface area contributed by atoms with E-state index in [0.717, 1.165) is 28.6 Å². The maximum absolute atomic E-state index is 12.2. The van der Waals surface area contributed by atoms with Crippen molar-refractivity contribution in [1.29, 1.82) is 0 Å². The number of furan rings is 1. The standard InChI is InChI=1S/C17H16N2O2/c18-13-7-5-12(6-8-13)9-10-19-17(20)15-11-21-16-4-2-1-3-14(15)16/h1-8,11H,9-10,18H2,(H,19,20). The summed E-state index contributed by atoms with van der Waals surface area (Å²) in [6.45, 7) is 0.572. The van der Waals surface area contributed by atoms with Crippen molar-refractivity contribution < 1.29 is 9.21 Å². The van der Waals surface area contributed by atoms with Crippen molar-refractivity contribution in [1.82, 2.24) is 5.32 Å². The number of carbonyl (C=O) groups excluding carboxylic acids is 1. The lowest BCUT2D eigenvalue weighted by atomic mass is 10.1. The second-order valence-electron chi connectivity index (χ2n) is 4.89. The van der Waals surface area contributed by atoms with Gasteiger partial charge in [0.1, 0.15) is 11.8 Å². The van der Waals surface area contributed by atoms with Gasteiger partial charge in [0, 0.05) is 17.6 Å². The molecule has 0 fully saturated rings. The molecule has 0 aliphatic carbocycles. The van der Waals surface area contributed by atoms with Gasteiger partial charge in [-0.3, -0.25) is 4.79 Å². The van der Waals surface area contributed by atoms with Gasteiger partial charge in [-0.25, -0.2) is 0 Å². The van der Waals surface area contributed by atoms with E-state index in [1.165, 1.54) is 6.26 Å².